The van der Waals surface area contributed by atoms with Crippen LogP contribution in [0.4, 0.5) is 0 Å². The van der Waals surface area contributed by atoms with Crippen LogP contribution in [0.15, 0.2) is 29.2 Å². The molecule has 4 heteroatoms. The predicted molar refractivity (Wildman–Crippen MR) is 59.6 cm³/mol. The van der Waals surface area contributed by atoms with Gasteiger partial charge in [0, 0.05) is 6.04 Å². The van der Waals surface area contributed by atoms with Crippen LogP contribution in [0.25, 0.3) is 0 Å². The third kappa shape index (κ3) is 1.58. The highest BCUT2D eigenvalue weighted by atomic mass is 32.2. The molecule has 1 aromatic rings. The third-order valence-electron chi connectivity index (χ3n) is 3.11. The number of benzene rings is 1. The molecule has 0 saturated heterocycles. The molecule has 2 unspecified atom stereocenters. The Morgan fingerprint density at radius 2 is 2.07 bits per heavy atom. The third-order valence-corrected chi connectivity index (χ3v) is 5.50. The molecular weight excluding hydrogens is 210 g/mol. The molecule has 15 heavy (non-hydrogen) atoms. The largest absolute Gasteiger partial charge is 0.316 e. The Balaban J connectivity index is 2.48. The summed E-state index contributed by atoms with van der Waals surface area (Å²) in [6, 6.07) is 7.26. The van der Waals surface area contributed by atoms with Crippen molar-refractivity contribution in [2.24, 2.45) is 0 Å². The summed E-state index contributed by atoms with van der Waals surface area (Å²) in [4.78, 5) is 0.511. The van der Waals surface area contributed by atoms with Gasteiger partial charge in [0.05, 0.1) is 10.1 Å². The van der Waals surface area contributed by atoms with Crippen molar-refractivity contribution in [3.8, 4) is 0 Å². The van der Waals surface area contributed by atoms with Crippen molar-refractivity contribution < 1.29 is 8.42 Å². The Morgan fingerprint density at radius 3 is 2.67 bits per heavy atom. The lowest BCUT2D eigenvalue weighted by Crippen LogP contribution is -2.38. The molecule has 0 radical (unpaired) electrons. The van der Waals surface area contributed by atoms with Gasteiger partial charge in [-0.15, -0.1) is 0 Å². The molecular formula is C11H15NO2S. The molecule has 1 N–H and O–H groups in total. The van der Waals surface area contributed by atoms with Gasteiger partial charge in [-0.3, -0.25) is 0 Å². The van der Waals surface area contributed by atoms with Gasteiger partial charge in [-0.1, -0.05) is 18.2 Å². The molecule has 0 amide bonds. The molecule has 1 aliphatic rings. The first-order chi connectivity index (χ1) is 7.07. The number of hydrogen-bond acceptors (Lipinski definition) is 3. The molecule has 2 rings (SSSR count). The summed E-state index contributed by atoms with van der Waals surface area (Å²) in [5.41, 5.74) is 0.949. The Hall–Kier alpha value is -0.870. The highest BCUT2D eigenvalue weighted by molar-refractivity contribution is 7.92. The lowest BCUT2D eigenvalue weighted by molar-refractivity contribution is 0.535. The van der Waals surface area contributed by atoms with Crippen molar-refractivity contribution in [2.45, 2.75) is 29.5 Å². The highest BCUT2D eigenvalue weighted by Gasteiger charge is 2.39. The van der Waals surface area contributed by atoms with Crippen molar-refractivity contribution in [1.29, 1.82) is 0 Å². The van der Waals surface area contributed by atoms with E-state index in [1.54, 1.807) is 19.2 Å². The smallest absolute Gasteiger partial charge is 0.183 e. The standard InChI is InChI=1S/C11H15NO2S/c1-8(12-2)11-7-9-5-3-4-6-10(9)15(11,13)14/h3-6,8,11-12H,7H2,1-2H3. The van der Waals surface area contributed by atoms with Crippen molar-refractivity contribution in [3.63, 3.8) is 0 Å². The fourth-order valence-electron chi connectivity index (χ4n) is 2.07. The highest BCUT2D eigenvalue weighted by Crippen LogP contribution is 2.32. The van der Waals surface area contributed by atoms with Gasteiger partial charge in [0.1, 0.15) is 0 Å². The van der Waals surface area contributed by atoms with Gasteiger partial charge >= 0.3 is 0 Å². The minimum Gasteiger partial charge on any atom is -0.316 e. The van der Waals surface area contributed by atoms with Crippen LogP contribution in [-0.2, 0) is 16.3 Å². The maximum absolute atomic E-state index is 12.1. The van der Waals surface area contributed by atoms with E-state index < -0.39 is 9.84 Å². The van der Waals surface area contributed by atoms with Gasteiger partial charge in [-0.25, -0.2) is 8.42 Å². The van der Waals surface area contributed by atoms with E-state index in [4.69, 9.17) is 0 Å². The normalized spacial score (nSPS) is 24.8. The first-order valence-corrected chi connectivity index (χ1v) is 6.61. The monoisotopic (exact) mass is 225 g/mol. The molecule has 0 spiro atoms. The van der Waals surface area contributed by atoms with Crippen LogP contribution >= 0.6 is 0 Å². The fraction of sp³-hybridized carbons (Fsp3) is 0.455. The number of rotatable bonds is 2. The van der Waals surface area contributed by atoms with Crippen molar-refractivity contribution in [1.82, 2.24) is 5.32 Å². The Morgan fingerprint density at radius 1 is 1.40 bits per heavy atom. The lowest BCUT2D eigenvalue weighted by Gasteiger charge is -2.17. The quantitative estimate of drug-likeness (QED) is 0.816. The zero-order valence-corrected chi connectivity index (χ0v) is 9.71. The van der Waals surface area contributed by atoms with Gasteiger partial charge < -0.3 is 5.32 Å². The topological polar surface area (TPSA) is 46.2 Å². The summed E-state index contributed by atoms with van der Waals surface area (Å²) < 4.78 is 24.3. The first-order valence-electron chi connectivity index (χ1n) is 5.06. The van der Waals surface area contributed by atoms with Crippen LogP contribution < -0.4 is 5.32 Å². The van der Waals surface area contributed by atoms with E-state index in [9.17, 15) is 8.42 Å². The average Bonchev–Trinajstić information content (AvgIpc) is 2.51. The second-order valence-electron chi connectivity index (χ2n) is 3.97. The molecule has 0 aliphatic carbocycles. The van der Waals surface area contributed by atoms with Crippen LogP contribution in [0.5, 0.6) is 0 Å². The number of hydrogen-bond donors (Lipinski definition) is 1. The zero-order valence-electron chi connectivity index (χ0n) is 8.90. The van der Waals surface area contributed by atoms with Crippen molar-refractivity contribution in [3.05, 3.63) is 29.8 Å². The molecule has 0 fully saturated rings. The molecule has 0 bridgehead atoms. The van der Waals surface area contributed by atoms with Crippen molar-refractivity contribution >= 4 is 9.84 Å². The van der Waals surface area contributed by atoms with Crippen LogP contribution in [0.3, 0.4) is 0 Å². The van der Waals surface area contributed by atoms with Crippen LogP contribution in [-0.4, -0.2) is 26.8 Å². The second-order valence-corrected chi connectivity index (χ2v) is 6.11. The minimum absolute atomic E-state index is 0.0117. The first kappa shape index (κ1) is 10.6. The Bertz CT molecular complexity index is 467. The van der Waals surface area contributed by atoms with Crippen LogP contribution in [0.1, 0.15) is 12.5 Å². The van der Waals surface area contributed by atoms with Gasteiger partial charge in [-0.05, 0) is 32.0 Å². The van der Waals surface area contributed by atoms with E-state index in [-0.39, 0.29) is 11.3 Å². The number of sulfone groups is 1. The summed E-state index contributed by atoms with van der Waals surface area (Å²) in [6.45, 7) is 1.91. The minimum atomic E-state index is -3.12. The molecule has 2 atom stereocenters. The Labute approximate surface area is 90.4 Å². The summed E-state index contributed by atoms with van der Waals surface area (Å²) in [5, 5.41) is 2.70. The zero-order chi connectivity index (χ0) is 11.1. The molecule has 0 aromatic heterocycles. The van der Waals surface area contributed by atoms with E-state index in [0.29, 0.717) is 11.3 Å². The number of nitrogens with one attached hydrogen (secondary N) is 1. The Kier molecular flexibility index (Phi) is 2.56. The summed E-state index contributed by atoms with van der Waals surface area (Å²) in [7, 11) is -1.33. The van der Waals surface area contributed by atoms with Gasteiger partial charge in [-0.2, -0.15) is 0 Å². The lowest BCUT2D eigenvalue weighted by atomic mass is 10.1. The fourth-order valence-corrected chi connectivity index (χ4v) is 4.25. The molecule has 0 saturated carbocycles. The molecule has 1 aliphatic heterocycles. The summed E-state index contributed by atoms with van der Waals surface area (Å²) in [6.07, 6.45) is 0.626. The van der Waals surface area contributed by atoms with Gasteiger partial charge in [0.15, 0.2) is 9.84 Å². The van der Waals surface area contributed by atoms with Gasteiger partial charge in [0.2, 0.25) is 0 Å². The van der Waals surface area contributed by atoms with Crippen LogP contribution in [0, 0.1) is 0 Å². The van der Waals surface area contributed by atoms with E-state index >= 15 is 0 Å². The van der Waals surface area contributed by atoms with E-state index in [1.165, 1.54) is 0 Å². The van der Waals surface area contributed by atoms with E-state index in [1.807, 2.05) is 19.1 Å². The van der Waals surface area contributed by atoms with Crippen molar-refractivity contribution in [2.75, 3.05) is 7.05 Å². The maximum Gasteiger partial charge on any atom is 0.183 e. The molecule has 3 nitrogen and oxygen atoms in total. The molecule has 82 valence electrons. The predicted octanol–water partition coefficient (Wildman–Crippen LogP) is 0.993. The van der Waals surface area contributed by atoms with E-state index in [0.717, 1.165) is 5.56 Å². The van der Waals surface area contributed by atoms with Gasteiger partial charge in [0.25, 0.3) is 0 Å². The van der Waals surface area contributed by atoms with Crippen LogP contribution in [0.2, 0.25) is 0 Å². The molecule has 1 heterocycles. The van der Waals surface area contributed by atoms with E-state index in [2.05, 4.69) is 5.32 Å². The average molecular weight is 225 g/mol. The summed E-state index contributed by atoms with van der Waals surface area (Å²) in [5.74, 6) is 0. The number of fused-ring (bicyclic) bond motifs is 1. The SMILES string of the molecule is CNC(C)C1Cc2ccccc2S1(=O)=O. The second kappa shape index (κ2) is 3.61. The molecule has 1 aromatic carbocycles. The summed E-state index contributed by atoms with van der Waals surface area (Å²) >= 11 is 0. The maximum atomic E-state index is 12.1.